The summed E-state index contributed by atoms with van der Waals surface area (Å²) >= 11 is 0. The first kappa shape index (κ1) is 21.5. The van der Waals surface area contributed by atoms with E-state index in [1.54, 1.807) is 53.6 Å². The summed E-state index contributed by atoms with van der Waals surface area (Å²) in [4.78, 5) is 31.5. The maximum atomic E-state index is 13.1. The third-order valence-corrected chi connectivity index (χ3v) is 5.49. The first-order chi connectivity index (χ1) is 15.6. The number of hydrogen-bond donors (Lipinski definition) is 1. The lowest BCUT2D eigenvalue weighted by Gasteiger charge is -2.31. The second-order valence-corrected chi connectivity index (χ2v) is 7.68. The molecule has 0 bridgehead atoms. The number of halogens is 1. The number of nitrogens with one attached hydrogen (secondary N) is 1. The highest BCUT2D eigenvalue weighted by Gasteiger charge is 2.29. The van der Waals surface area contributed by atoms with Gasteiger partial charge in [-0.2, -0.15) is 0 Å². The van der Waals surface area contributed by atoms with Gasteiger partial charge in [0.2, 0.25) is 5.91 Å². The topological polar surface area (TPSA) is 71.5 Å². The zero-order chi connectivity index (χ0) is 22.3. The van der Waals surface area contributed by atoms with Gasteiger partial charge >= 0.3 is 0 Å². The summed E-state index contributed by atoms with van der Waals surface area (Å²) in [6.07, 6.45) is 2.80. The van der Waals surface area contributed by atoms with Crippen LogP contribution in [0.3, 0.4) is 0 Å². The Morgan fingerprint density at radius 3 is 2.44 bits per heavy atom. The summed E-state index contributed by atoms with van der Waals surface area (Å²) < 4.78 is 19.0. The van der Waals surface area contributed by atoms with Crippen LogP contribution in [0.25, 0.3) is 0 Å². The molecule has 1 N–H and O–H groups in total. The number of amides is 2. The van der Waals surface area contributed by atoms with Gasteiger partial charge < -0.3 is 15.0 Å². The molecule has 1 saturated heterocycles. The van der Waals surface area contributed by atoms with Crippen molar-refractivity contribution in [2.45, 2.75) is 19.4 Å². The van der Waals surface area contributed by atoms with E-state index >= 15 is 0 Å². The molecule has 32 heavy (non-hydrogen) atoms. The number of hydrogen-bond acceptors (Lipinski definition) is 4. The Balaban J connectivity index is 1.35. The quantitative estimate of drug-likeness (QED) is 0.630. The fourth-order valence-corrected chi connectivity index (χ4v) is 3.69. The van der Waals surface area contributed by atoms with E-state index in [-0.39, 0.29) is 30.2 Å². The van der Waals surface area contributed by atoms with Gasteiger partial charge in [0, 0.05) is 25.2 Å². The Morgan fingerprint density at radius 2 is 1.72 bits per heavy atom. The molecule has 164 valence electrons. The number of nitrogens with zero attached hydrogens (tertiary/aromatic N) is 2. The molecule has 2 amide bonds. The van der Waals surface area contributed by atoms with Gasteiger partial charge in [-0.25, -0.2) is 9.37 Å². The van der Waals surface area contributed by atoms with Crippen molar-refractivity contribution in [2.24, 2.45) is 5.92 Å². The van der Waals surface area contributed by atoms with E-state index in [4.69, 9.17) is 4.74 Å². The number of benzene rings is 2. The first-order valence-corrected chi connectivity index (χ1v) is 10.6. The molecule has 1 fully saturated rings. The maximum absolute atomic E-state index is 13.1. The van der Waals surface area contributed by atoms with Crippen LogP contribution >= 0.6 is 0 Å². The highest BCUT2D eigenvalue weighted by molar-refractivity contribution is 5.97. The largest absolute Gasteiger partial charge is 0.488 e. The highest BCUT2D eigenvalue weighted by atomic mass is 19.1. The zero-order valence-corrected chi connectivity index (χ0v) is 17.5. The summed E-state index contributed by atoms with van der Waals surface area (Å²) in [7, 11) is 0. The standard InChI is InChI=1S/C25H24FN3O3/c26-20-10-8-18(9-11-20)17-32-22-6-2-1-5-21(22)25(31)29-15-12-19(13-16-29)24(30)28-23-7-3-4-14-27-23/h1-11,14,19H,12-13,15-17H2,(H,27,28,30). The van der Waals surface area contributed by atoms with Gasteiger partial charge in [0.25, 0.3) is 5.91 Å². The number of aromatic nitrogens is 1. The van der Waals surface area contributed by atoms with Crippen LogP contribution < -0.4 is 10.1 Å². The van der Waals surface area contributed by atoms with Crippen molar-refractivity contribution >= 4 is 17.6 Å². The van der Waals surface area contributed by atoms with E-state index in [9.17, 15) is 14.0 Å². The van der Waals surface area contributed by atoms with Crippen molar-refractivity contribution in [3.63, 3.8) is 0 Å². The normalized spacial score (nSPS) is 14.1. The Hall–Kier alpha value is -3.74. The summed E-state index contributed by atoms with van der Waals surface area (Å²) in [6, 6.07) is 18.5. The van der Waals surface area contributed by atoms with Crippen LogP contribution in [0.5, 0.6) is 5.75 Å². The van der Waals surface area contributed by atoms with Crippen LogP contribution in [-0.2, 0) is 11.4 Å². The molecule has 2 heterocycles. The van der Waals surface area contributed by atoms with Crippen LogP contribution in [0.2, 0.25) is 0 Å². The number of rotatable bonds is 6. The number of carbonyl (C=O) groups is 2. The monoisotopic (exact) mass is 433 g/mol. The van der Waals surface area contributed by atoms with Crippen molar-refractivity contribution in [2.75, 3.05) is 18.4 Å². The van der Waals surface area contributed by atoms with Gasteiger partial charge in [-0.15, -0.1) is 0 Å². The van der Waals surface area contributed by atoms with Gasteiger partial charge in [0.05, 0.1) is 5.56 Å². The first-order valence-electron chi connectivity index (χ1n) is 10.6. The van der Waals surface area contributed by atoms with E-state index in [1.165, 1.54) is 12.1 Å². The summed E-state index contributed by atoms with van der Waals surface area (Å²) in [5.74, 6) is 0.356. The second kappa shape index (κ2) is 10.0. The Kier molecular flexibility index (Phi) is 6.75. The van der Waals surface area contributed by atoms with Crippen molar-refractivity contribution < 1.29 is 18.7 Å². The lowest BCUT2D eigenvalue weighted by Crippen LogP contribution is -2.41. The van der Waals surface area contributed by atoms with Crippen LogP contribution in [0, 0.1) is 11.7 Å². The molecular formula is C25H24FN3O3. The van der Waals surface area contributed by atoms with Gasteiger partial charge in [-0.3, -0.25) is 9.59 Å². The van der Waals surface area contributed by atoms with Crippen molar-refractivity contribution in [3.05, 3.63) is 89.9 Å². The molecule has 1 aliphatic heterocycles. The molecule has 1 aliphatic rings. The van der Waals surface area contributed by atoms with Crippen LogP contribution in [0.1, 0.15) is 28.8 Å². The van der Waals surface area contributed by atoms with Crippen molar-refractivity contribution in [1.82, 2.24) is 9.88 Å². The average molecular weight is 433 g/mol. The predicted molar refractivity (Wildman–Crippen MR) is 119 cm³/mol. The van der Waals surface area contributed by atoms with Crippen molar-refractivity contribution in [1.29, 1.82) is 0 Å². The van der Waals surface area contributed by atoms with Gasteiger partial charge in [-0.05, 0) is 54.8 Å². The molecule has 4 rings (SSSR count). The van der Waals surface area contributed by atoms with Gasteiger partial charge in [0.15, 0.2) is 0 Å². The summed E-state index contributed by atoms with van der Waals surface area (Å²) in [5.41, 5.74) is 1.29. The average Bonchev–Trinajstić information content (AvgIpc) is 2.84. The maximum Gasteiger partial charge on any atom is 0.257 e. The Labute approximate surface area is 186 Å². The minimum atomic E-state index is -0.304. The number of pyridine rings is 1. The molecule has 7 heteroatoms. The van der Waals surface area contributed by atoms with E-state index in [0.717, 1.165) is 5.56 Å². The van der Waals surface area contributed by atoms with Gasteiger partial charge in [0.1, 0.15) is 24.0 Å². The molecule has 2 aromatic carbocycles. The fraction of sp³-hybridized carbons (Fsp3) is 0.240. The molecule has 3 aromatic rings. The molecule has 6 nitrogen and oxygen atoms in total. The lowest BCUT2D eigenvalue weighted by molar-refractivity contribution is -0.121. The van der Waals surface area contributed by atoms with E-state index in [1.807, 2.05) is 12.1 Å². The molecular weight excluding hydrogens is 409 g/mol. The molecule has 0 unspecified atom stereocenters. The molecule has 0 atom stereocenters. The molecule has 0 saturated carbocycles. The predicted octanol–water partition coefficient (Wildman–Crippen LogP) is 4.29. The third-order valence-electron chi connectivity index (χ3n) is 5.49. The van der Waals surface area contributed by atoms with E-state index in [0.29, 0.717) is 43.1 Å². The minimum absolute atomic E-state index is 0.0705. The summed E-state index contributed by atoms with van der Waals surface area (Å²) in [6.45, 7) is 1.22. The van der Waals surface area contributed by atoms with E-state index in [2.05, 4.69) is 10.3 Å². The number of para-hydroxylation sites is 1. The Bertz CT molecular complexity index is 1070. The SMILES string of the molecule is O=C(Nc1ccccn1)C1CCN(C(=O)c2ccccc2OCc2ccc(F)cc2)CC1. The molecule has 0 spiro atoms. The molecule has 1 aromatic heterocycles. The van der Waals surface area contributed by atoms with Crippen LogP contribution in [0.4, 0.5) is 10.2 Å². The minimum Gasteiger partial charge on any atom is -0.488 e. The number of anilines is 1. The van der Waals surface area contributed by atoms with E-state index < -0.39 is 0 Å². The number of piperidine rings is 1. The summed E-state index contributed by atoms with van der Waals surface area (Å²) in [5, 5.41) is 2.84. The zero-order valence-electron chi connectivity index (χ0n) is 17.5. The Morgan fingerprint density at radius 1 is 1.00 bits per heavy atom. The molecule has 0 aliphatic carbocycles. The number of likely N-dealkylation sites (tertiary alicyclic amines) is 1. The van der Waals surface area contributed by atoms with Crippen LogP contribution in [-0.4, -0.2) is 34.8 Å². The number of carbonyl (C=O) groups excluding carboxylic acids is 2. The second-order valence-electron chi connectivity index (χ2n) is 7.68. The lowest BCUT2D eigenvalue weighted by atomic mass is 9.95. The third kappa shape index (κ3) is 5.29. The highest BCUT2D eigenvalue weighted by Crippen LogP contribution is 2.25. The number of ether oxygens (including phenoxy) is 1. The van der Waals surface area contributed by atoms with Gasteiger partial charge in [-0.1, -0.05) is 30.3 Å². The van der Waals surface area contributed by atoms with Crippen LogP contribution in [0.15, 0.2) is 72.9 Å². The molecule has 0 radical (unpaired) electrons. The smallest absolute Gasteiger partial charge is 0.257 e. The fourth-order valence-electron chi connectivity index (χ4n) is 3.69. The van der Waals surface area contributed by atoms with Crippen molar-refractivity contribution in [3.8, 4) is 5.75 Å².